The number of phosphoric acid groups is 1. The van der Waals surface area contributed by atoms with Gasteiger partial charge in [-0.15, -0.1) is 0 Å². The van der Waals surface area contributed by atoms with Crippen molar-refractivity contribution in [2.75, 3.05) is 25.4 Å². The van der Waals surface area contributed by atoms with Crippen molar-refractivity contribution in [3.63, 3.8) is 0 Å². The lowest BCUT2D eigenvalue weighted by Gasteiger charge is -2.67. The van der Waals surface area contributed by atoms with E-state index in [1.54, 1.807) is 0 Å². The molecule has 14 heteroatoms. The second kappa shape index (κ2) is 12.1. The topological polar surface area (TPSA) is 192 Å². The fourth-order valence-corrected chi connectivity index (χ4v) is 11.7. The highest BCUT2D eigenvalue weighted by Gasteiger charge is 2.76. The van der Waals surface area contributed by atoms with Gasteiger partial charge in [-0.1, -0.05) is 45.9 Å². The summed E-state index contributed by atoms with van der Waals surface area (Å²) >= 11 is 1.24. The van der Waals surface area contributed by atoms with E-state index < -0.39 is 43.4 Å². The minimum absolute atomic E-state index is 0.0429. The van der Waals surface area contributed by atoms with Gasteiger partial charge in [0.05, 0.1) is 24.4 Å². The molecular formula is C31H51N2O10PS. The van der Waals surface area contributed by atoms with Gasteiger partial charge in [0.25, 0.3) is 0 Å². The molecule has 2 aliphatic heterocycles. The lowest BCUT2D eigenvalue weighted by molar-refractivity contribution is -0.257. The molecule has 6 aliphatic rings. The average Bonchev–Trinajstić information content (AvgIpc) is 3.31. The van der Waals surface area contributed by atoms with Gasteiger partial charge in [-0.3, -0.25) is 18.9 Å². The number of fused-ring (bicyclic) bond motifs is 1. The number of aliphatic hydroxyl groups is 2. The van der Waals surface area contributed by atoms with Crippen LogP contribution in [0.5, 0.6) is 0 Å². The molecule has 6 N–H and O–H groups in total. The molecule has 256 valence electrons. The Bertz CT molecular complexity index is 1250. The summed E-state index contributed by atoms with van der Waals surface area (Å²) in [5.74, 6) is 0.160. The molecule has 0 aromatic heterocycles. The standard InChI is InChI=1S/C31H51N2O10PS/c1-27(2,17-42-44(39,40)41)24(36)25(37)33-10-7-22(35)32-11-12-45-26(38)29(4)9-6-8-28(3)20(29)14-21(34)31-15-18-13-19(23(28)31)43-30(18,5)16-31/h18-21,23-24,34,36H,6-17H2,1-5H3,(H,32,35)(H,33,37)(H2,39,40,41)/t18-,19+,20+,21-,23+,24+,28-,29-,30+,31+/m1/s1. The maximum absolute atomic E-state index is 13.8. The zero-order valence-corrected chi connectivity index (χ0v) is 28.8. The fraction of sp³-hybridized carbons (Fsp3) is 0.903. The van der Waals surface area contributed by atoms with E-state index in [0.717, 1.165) is 38.5 Å². The predicted octanol–water partition coefficient (Wildman–Crippen LogP) is 2.52. The number of hydrogen-bond acceptors (Lipinski definition) is 9. The van der Waals surface area contributed by atoms with Crippen LogP contribution >= 0.6 is 19.6 Å². The summed E-state index contributed by atoms with van der Waals surface area (Å²) in [6, 6.07) is 0. The van der Waals surface area contributed by atoms with Gasteiger partial charge >= 0.3 is 7.82 Å². The molecule has 6 fully saturated rings. The van der Waals surface area contributed by atoms with Crippen LogP contribution in [0.15, 0.2) is 0 Å². The van der Waals surface area contributed by atoms with Gasteiger partial charge in [-0.2, -0.15) is 0 Å². The van der Waals surface area contributed by atoms with Crippen LogP contribution in [0, 0.1) is 39.4 Å². The van der Waals surface area contributed by atoms with Gasteiger partial charge in [0.15, 0.2) is 5.12 Å². The van der Waals surface area contributed by atoms with E-state index in [-0.39, 0.29) is 64.9 Å². The van der Waals surface area contributed by atoms with Gasteiger partial charge in [0.2, 0.25) is 11.8 Å². The Balaban J connectivity index is 1.08. The molecule has 0 aromatic rings. The van der Waals surface area contributed by atoms with Crippen molar-refractivity contribution in [1.29, 1.82) is 0 Å². The molecule has 1 spiro atoms. The summed E-state index contributed by atoms with van der Waals surface area (Å²) in [5.41, 5.74) is -2.13. The highest BCUT2D eigenvalue weighted by atomic mass is 32.2. The number of carbonyl (C=O) groups excluding carboxylic acids is 3. The van der Waals surface area contributed by atoms with Crippen molar-refractivity contribution in [2.45, 2.75) is 110 Å². The SMILES string of the molecule is CC(C)(COP(=O)(O)O)[C@@H](O)C(=O)NCCC(=O)NCCSC(=O)[C@]1(C)CCC[C@@]2(C)[C@@H]3[C@@H]4C[C@@H]5C[C@]3(C[C@]5(C)O4)[C@H](O)C[C@@H]21. The average molecular weight is 675 g/mol. The number of rotatable bonds is 12. The van der Waals surface area contributed by atoms with E-state index in [0.29, 0.717) is 18.1 Å². The molecule has 4 aliphatic carbocycles. The molecule has 12 nitrogen and oxygen atoms in total. The number of hydrogen-bond donors (Lipinski definition) is 6. The number of ether oxygens (including phenoxy) is 1. The quantitative estimate of drug-likeness (QED) is 0.132. The Morgan fingerprint density at radius 3 is 2.49 bits per heavy atom. The number of amides is 2. The predicted molar refractivity (Wildman–Crippen MR) is 167 cm³/mol. The first-order valence-corrected chi connectivity index (χ1v) is 18.7. The largest absolute Gasteiger partial charge is 0.469 e. The van der Waals surface area contributed by atoms with Crippen LogP contribution in [0.2, 0.25) is 0 Å². The Morgan fingerprint density at radius 1 is 1.11 bits per heavy atom. The monoisotopic (exact) mass is 674 g/mol. The number of thioether (sulfide) groups is 1. The maximum Gasteiger partial charge on any atom is 0.469 e. The Kier molecular flexibility index (Phi) is 9.50. The third-order valence-electron chi connectivity index (χ3n) is 12.3. The van der Waals surface area contributed by atoms with Crippen molar-refractivity contribution < 1.29 is 48.2 Å². The van der Waals surface area contributed by atoms with Crippen LogP contribution in [0.1, 0.15) is 86.0 Å². The van der Waals surface area contributed by atoms with Crippen molar-refractivity contribution in [2.24, 2.45) is 39.4 Å². The minimum Gasteiger partial charge on any atom is -0.393 e. The molecule has 45 heavy (non-hydrogen) atoms. The zero-order chi connectivity index (χ0) is 33.2. The second-order valence-corrected chi connectivity index (χ2v) is 18.1. The summed E-state index contributed by atoms with van der Waals surface area (Å²) in [7, 11) is -4.75. The molecule has 0 radical (unpaired) electrons. The highest BCUT2D eigenvalue weighted by molar-refractivity contribution is 8.13. The van der Waals surface area contributed by atoms with E-state index in [2.05, 4.69) is 35.9 Å². The van der Waals surface area contributed by atoms with Gasteiger partial charge in [0, 0.05) is 41.5 Å². The third kappa shape index (κ3) is 6.30. The molecule has 6 rings (SSSR count). The van der Waals surface area contributed by atoms with E-state index in [1.165, 1.54) is 25.6 Å². The molecule has 0 unspecified atom stereocenters. The van der Waals surface area contributed by atoms with Crippen molar-refractivity contribution >= 4 is 36.5 Å². The van der Waals surface area contributed by atoms with Crippen LogP contribution in [0.25, 0.3) is 0 Å². The first kappa shape index (κ1) is 35.3. The summed E-state index contributed by atoms with van der Waals surface area (Å²) in [6.07, 6.45) is 4.56. The van der Waals surface area contributed by atoms with Crippen LogP contribution in [-0.4, -0.2) is 86.3 Å². The summed E-state index contributed by atoms with van der Waals surface area (Å²) < 4.78 is 22.0. The Labute approximate surface area is 269 Å². The van der Waals surface area contributed by atoms with E-state index in [1.807, 2.05) is 0 Å². The first-order valence-electron chi connectivity index (χ1n) is 16.2. The highest BCUT2D eigenvalue weighted by Crippen LogP contribution is 2.77. The first-order chi connectivity index (χ1) is 20.8. The van der Waals surface area contributed by atoms with Crippen LogP contribution < -0.4 is 10.6 Å². The van der Waals surface area contributed by atoms with Crippen molar-refractivity contribution in [3.05, 3.63) is 0 Å². The van der Waals surface area contributed by atoms with Gasteiger partial charge in [0.1, 0.15) is 6.10 Å². The molecule has 4 saturated carbocycles. The van der Waals surface area contributed by atoms with Crippen LogP contribution in [0.3, 0.4) is 0 Å². The fourth-order valence-electron chi connectivity index (χ4n) is 10.2. The van der Waals surface area contributed by atoms with Gasteiger partial charge in [-0.05, 0) is 68.6 Å². The zero-order valence-electron chi connectivity index (χ0n) is 27.0. The summed E-state index contributed by atoms with van der Waals surface area (Å²) in [5, 5.41) is 27.3. The Hall–Kier alpha value is -1.05. The number of nitrogens with one attached hydrogen (secondary N) is 2. The van der Waals surface area contributed by atoms with Crippen molar-refractivity contribution in [3.8, 4) is 0 Å². The number of aliphatic hydroxyl groups excluding tert-OH is 2. The van der Waals surface area contributed by atoms with E-state index in [9.17, 15) is 29.2 Å². The minimum atomic E-state index is -4.75. The third-order valence-corrected chi connectivity index (χ3v) is 13.9. The molecule has 10 atom stereocenters. The second-order valence-electron chi connectivity index (χ2n) is 15.8. The summed E-state index contributed by atoms with van der Waals surface area (Å²) in [4.78, 5) is 56.2. The maximum atomic E-state index is 13.8. The molecule has 2 amide bonds. The number of phosphoric ester groups is 1. The van der Waals surface area contributed by atoms with E-state index in [4.69, 9.17) is 14.5 Å². The lowest BCUT2D eigenvalue weighted by Crippen LogP contribution is -2.66. The smallest absolute Gasteiger partial charge is 0.393 e. The van der Waals surface area contributed by atoms with Gasteiger partial charge < -0.3 is 35.4 Å². The molecule has 4 bridgehead atoms. The van der Waals surface area contributed by atoms with Crippen molar-refractivity contribution in [1.82, 2.24) is 10.6 Å². The Morgan fingerprint density at radius 2 is 1.82 bits per heavy atom. The molecule has 2 heterocycles. The van der Waals surface area contributed by atoms with Crippen LogP contribution in [-0.2, 0) is 28.2 Å². The van der Waals surface area contributed by atoms with E-state index >= 15 is 0 Å². The lowest BCUT2D eigenvalue weighted by atomic mass is 9.39. The molecular weight excluding hydrogens is 623 g/mol. The summed E-state index contributed by atoms with van der Waals surface area (Å²) in [6.45, 7) is 9.21. The molecule has 0 aromatic carbocycles. The normalized spacial score (nSPS) is 40.9. The number of carbonyl (C=O) groups is 3. The molecule has 2 saturated heterocycles. The van der Waals surface area contributed by atoms with Gasteiger partial charge in [-0.25, -0.2) is 4.57 Å². The van der Waals surface area contributed by atoms with Crippen LogP contribution in [0.4, 0.5) is 0 Å².